The van der Waals surface area contributed by atoms with Gasteiger partial charge in [0.2, 0.25) is 0 Å². The van der Waals surface area contributed by atoms with Crippen LogP contribution < -0.4 is 15.6 Å². The molecule has 0 aliphatic rings. The summed E-state index contributed by atoms with van der Waals surface area (Å²) >= 11 is 0. The van der Waals surface area contributed by atoms with E-state index in [-0.39, 0.29) is 23.7 Å². The summed E-state index contributed by atoms with van der Waals surface area (Å²) in [6, 6.07) is 0.933. The number of nitrogens with zero attached hydrogens (tertiary/aromatic N) is 3. The summed E-state index contributed by atoms with van der Waals surface area (Å²) in [5.74, 6) is -2.07. The molecule has 0 saturated heterocycles. The summed E-state index contributed by atoms with van der Waals surface area (Å²) in [5.41, 5.74) is 5.20. The van der Waals surface area contributed by atoms with Crippen molar-refractivity contribution in [1.29, 1.82) is 0 Å². The van der Waals surface area contributed by atoms with Gasteiger partial charge in [0.1, 0.15) is 6.61 Å². The lowest BCUT2D eigenvalue weighted by molar-refractivity contribution is -0.190. The van der Waals surface area contributed by atoms with Crippen molar-refractivity contribution in [3.8, 4) is 17.1 Å². The number of carbonyl (C=O) groups excluding carboxylic acids is 1. The van der Waals surface area contributed by atoms with Crippen LogP contribution in [-0.4, -0.2) is 46.9 Å². The quantitative estimate of drug-likeness (QED) is 0.553. The van der Waals surface area contributed by atoms with Crippen LogP contribution in [0.2, 0.25) is 0 Å². The number of ether oxygens (including phenoxy) is 2. The minimum Gasteiger partial charge on any atom is -0.463 e. The molecule has 2 N–H and O–H groups in total. The highest BCUT2D eigenvalue weighted by Crippen LogP contribution is 2.27. The van der Waals surface area contributed by atoms with Gasteiger partial charge in [-0.3, -0.25) is 20.6 Å². The fourth-order valence-corrected chi connectivity index (χ4v) is 1.73. The van der Waals surface area contributed by atoms with Crippen LogP contribution >= 0.6 is 0 Å². The van der Waals surface area contributed by atoms with Crippen LogP contribution in [0.15, 0.2) is 24.7 Å². The van der Waals surface area contributed by atoms with E-state index in [0.29, 0.717) is 0 Å². The molecule has 2 rings (SSSR count). The minimum atomic E-state index is -4.64. The lowest BCUT2D eigenvalue weighted by Gasteiger charge is -2.17. The molecule has 27 heavy (non-hydrogen) atoms. The second-order valence-corrected chi connectivity index (χ2v) is 5.21. The highest BCUT2D eigenvalue weighted by atomic mass is 19.4. The standard InChI is InChI=1S/C15H15F4N5O3/c1-8(15(17,18)19)27-14-10(16)3-9(4-22-14)11-5-21-12(6-20-11)23-24-13(25)7-26-2/h3-6,8H,7H2,1-2H3,(H,21,23)(H,24,25)/t8-/m0/s1. The molecule has 146 valence electrons. The predicted octanol–water partition coefficient (Wildman–Crippen LogP) is 2.10. The van der Waals surface area contributed by atoms with Crippen molar-refractivity contribution in [2.75, 3.05) is 19.1 Å². The van der Waals surface area contributed by atoms with E-state index in [0.717, 1.165) is 19.2 Å². The molecule has 2 aromatic heterocycles. The third kappa shape index (κ3) is 5.74. The van der Waals surface area contributed by atoms with Crippen molar-refractivity contribution >= 4 is 11.7 Å². The molecular formula is C15H15F4N5O3. The first-order valence-corrected chi connectivity index (χ1v) is 7.46. The number of hydrogen-bond acceptors (Lipinski definition) is 7. The van der Waals surface area contributed by atoms with Crippen LogP contribution in [0, 0.1) is 5.82 Å². The van der Waals surface area contributed by atoms with Crippen molar-refractivity contribution in [1.82, 2.24) is 20.4 Å². The normalized spacial score (nSPS) is 12.4. The van der Waals surface area contributed by atoms with Gasteiger partial charge in [-0.15, -0.1) is 0 Å². The van der Waals surface area contributed by atoms with Crippen LogP contribution in [0.3, 0.4) is 0 Å². The van der Waals surface area contributed by atoms with Crippen LogP contribution in [-0.2, 0) is 9.53 Å². The van der Waals surface area contributed by atoms with Crippen molar-refractivity contribution in [3.05, 3.63) is 30.5 Å². The average molecular weight is 389 g/mol. The van der Waals surface area contributed by atoms with E-state index in [2.05, 4.69) is 35.3 Å². The number of methoxy groups -OCH3 is 1. The van der Waals surface area contributed by atoms with Crippen LogP contribution in [0.5, 0.6) is 5.88 Å². The summed E-state index contributed by atoms with van der Waals surface area (Å²) in [5, 5.41) is 0. The second kappa shape index (κ2) is 8.58. The Kier molecular flexibility index (Phi) is 6.45. The zero-order valence-corrected chi connectivity index (χ0v) is 14.2. The molecule has 12 heteroatoms. The van der Waals surface area contributed by atoms with E-state index in [1.165, 1.54) is 19.5 Å². The Hall–Kier alpha value is -3.02. The Morgan fingerprint density at radius 3 is 2.52 bits per heavy atom. The maximum absolute atomic E-state index is 14.0. The largest absolute Gasteiger partial charge is 0.463 e. The molecule has 0 aromatic carbocycles. The number of alkyl halides is 3. The Morgan fingerprint density at radius 2 is 1.96 bits per heavy atom. The Labute approximate surface area is 150 Å². The fraction of sp³-hybridized carbons (Fsp3) is 0.333. The summed E-state index contributed by atoms with van der Waals surface area (Å²) in [4.78, 5) is 22.8. The van der Waals surface area contributed by atoms with E-state index in [1.807, 2.05) is 0 Å². The van der Waals surface area contributed by atoms with Crippen molar-refractivity contribution in [2.45, 2.75) is 19.2 Å². The lowest BCUT2D eigenvalue weighted by atomic mass is 10.2. The fourth-order valence-electron chi connectivity index (χ4n) is 1.73. The number of hydrazine groups is 1. The van der Waals surface area contributed by atoms with Gasteiger partial charge in [0, 0.05) is 18.9 Å². The number of hydrogen-bond donors (Lipinski definition) is 2. The lowest BCUT2D eigenvalue weighted by Crippen LogP contribution is -2.32. The molecule has 2 heterocycles. The third-order valence-corrected chi connectivity index (χ3v) is 3.11. The van der Waals surface area contributed by atoms with E-state index in [1.54, 1.807) is 0 Å². The summed E-state index contributed by atoms with van der Waals surface area (Å²) in [6.45, 7) is 0.600. The molecule has 0 unspecified atom stereocenters. The molecule has 1 amide bonds. The molecule has 0 bridgehead atoms. The van der Waals surface area contributed by atoms with E-state index in [9.17, 15) is 22.4 Å². The first-order chi connectivity index (χ1) is 12.7. The highest BCUT2D eigenvalue weighted by molar-refractivity contribution is 5.78. The molecule has 0 aliphatic carbocycles. The maximum Gasteiger partial charge on any atom is 0.425 e. The number of nitrogens with one attached hydrogen (secondary N) is 2. The van der Waals surface area contributed by atoms with E-state index in [4.69, 9.17) is 0 Å². The summed E-state index contributed by atoms with van der Waals surface area (Å²) in [7, 11) is 1.36. The minimum absolute atomic E-state index is 0.148. The van der Waals surface area contributed by atoms with Crippen LogP contribution in [0.1, 0.15) is 6.92 Å². The molecule has 0 saturated carbocycles. The van der Waals surface area contributed by atoms with Crippen molar-refractivity contribution < 1.29 is 31.8 Å². The second-order valence-electron chi connectivity index (χ2n) is 5.21. The SMILES string of the molecule is COCC(=O)NNc1cnc(-c2cnc(O[C@@H](C)C(F)(F)F)c(F)c2)cn1. The molecule has 1 atom stereocenters. The Balaban J connectivity index is 2.06. The van der Waals surface area contributed by atoms with Gasteiger partial charge in [-0.2, -0.15) is 13.2 Å². The monoisotopic (exact) mass is 389 g/mol. The molecule has 0 spiro atoms. The number of pyridine rings is 1. The van der Waals surface area contributed by atoms with Gasteiger partial charge < -0.3 is 9.47 Å². The zero-order valence-electron chi connectivity index (χ0n) is 14.2. The van der Waals surface area contributed by atoms with E-state index < -0.39 is 29.9 Å². The Bertz CT molecular complexity index is 786. The first kappa shape index (κ1) is 20.3. The maximum atomic E-state index is 14.0. The number of carbonyl (C=O) groups is 1. The first-order valence-electron chi connectivity index (χ1n) is 7.46. The van der Waals surface area contributed by atoms with Gasteiger partial charge in [0.05, 0.1) is 18.1 Å². The third-order valence-electron chi connectivity index (χ3n) is 3.11. The molecular weight excluding hydrogens is 374 g/mol. The van der Waals surface area contributed by atoms with Gasteiger partial charge in [0.25, 0.3) is 11.8 Å². The van der Waals surface area contributed by atoms with E-state index >= 15 is 0 Å². The summed E-state index contributed by atoms with van der Waals surface area (Å²) < 4.78 is 60.5. The molecule has 0 aliphatic heterocycles. The molecule has 8 nitrogen and oxygen atoms in total. The van der Waals surface area contributed by atoms with Gasteiger partial charge in [-0.25, -0.2) is 14.4 Å². The van der Waals surface area contributed by atoms with Gasteiger partial charge in [0.15, 0.2) is 17.7 Å². The van der Waals surface area contributed by atoms with Crippen LogP contribution in [0.25, 0.3) is 11.3 Å². The molecule has 0 radical (unpaired) electrons. The van der Waals surface area contributed by atoms with Gasteiger partial charge in [-0.05, 0) is 13.0 Å². The number of amides is 1. The number of anilines is 1. The number of rotatable bonds is 7. The average Bonchev–Trinajstić information content (AvgIpc) is 2.61. The smallest absolute Gasteiger partial charge is 0.425 e. The van der Waals surface area contributed by atoms with Crippen LogP contribution in [0.4, 0.5) is 23.4 Å². The number of aromatic nitrogens is 3. The van der Waals surface area contributed by atoms with Crippen molar-refractivity contribution in [2.24, 2.45) is 0 Å². The zero-order chi connectivity index (χ0) is 20.0. The predicted molar refractivity (Wildman–Crippen MR) is 85.0 cm³/mol. The topological polar surface area (TPSA) is 98.3 Å². The van der Waals surface area contributed by atoms with Crippen molar-refractivity contribution in [3.63, 3.8) is 0 Å². The van der Waals surface area contributed by atoms with Gasteiger partial charge in [-0.1, -0.05) is 0 Å². The van der Waals surface area contributed by atoms with Gasteiger partial charge >= 0.3 is 6.18 Å². The highest BCUT2D eigenvalue weighted by Gasteiger charge is 2.38. The molecule has 2 aromatic rings. The number of halogens is 4. The molecule has 0 fully saturated rings. The Morgan fingerprint density at radius 1 is 1.22 bits per heavy atom. The summed E-state index contributed by atoms with van der Waals surface area (Å²) in [6.07, 6.45) is -3.21.